The van der Waals surface area contributed by atoms with Crippen LogP contribution in [-0.4, -0.2) is 31.2 Å². The van der Waals surface area contributed by atoms with Gasteiger partial charge in [-0.3, -0.25) is 0 Å². The minimum Gasteiger partial charge on any atom is -0.465 e. The van der Waals surface area contributed by atoms with Crippen LogP contribution in [0.2, 0.25) is 0 Å². The van der Waals surface area contributed by atoms with Crippen LogP contribution in [0, 0.1) is 6.92 Å². The second kappa shape index (κ2) is 6.54. The summed E-state index contributed by atoms with van der Waals surface area (Å²) in [4.78, 5) is 17.9. The number of pyridine rings is 1. The molecule has 0 atom stereocenters. The van der Waals surface area contributed by atoms with Crippen molar-refractivity contribution < 1.29 is 22.7 Å². The van der Waals surface area contributed by atoms with Crippen LogP contribution in [0.25, 0.3) is 0 Å². The third-order valence-electron chi connectivity index (χ3n) is 3.81. The summed E-state index contributed by atoms with van der Waals surface area (Å²) in [6.07, 6.45) is -0.532. The summed E-state index contributed by atoms with van der Waals surface area (Å²) in [6, 6.07) is 0.856. The summed E-state index contributed by atoms with van der Waals surface area (Å²) in [7, 11) is 1.15. The molecule has 1 aliphatic heterocycles. The van der Waals surface area contributed by atoms with Gasteiger partial charge in [-0.15, -0.1) is 0 Å². The number of ether oxygens (including phenoxy) is 1. The number of hydrogen-bond donors (Lipinski definition) is 0. The molecular weight excluding hydrogens is 297 g/mol. The van der Waals surface area contributed by atoms with Gasteiger partial charge in [0.05, 0.1) is 18.4 Å². The molecular formula is C15H19F3N2O2. The van der Waals surface area contributed by atoms with Crippen molar-refractivity contribution in [3.8, 4) is 0 Å². The van der Waals surface area contributed by atoms with E-state index in [1.54, 1.807) is 0 Å². The van der Waals surface area contributed by atoms with Crippen LogP contribution in [0.1, 0.15) is 47.3 Å². The third-order valence-corrected chi connectivity index (χ3v) is 3.81. The molecule has 0 amide bonds. The fourth-order valence-corrected chi connectivity index (χ4v) is 2.66. The number of nitrogens with zero attached hydrogens (tertiary/aromatic N) is 2. The van der Waals surface area contributed by atoms with Crippen molar-refractivity contribution in [3.05, 3.63) is 22.9 Å². The van der Waals surface area contributed by atoms with Gasteiger partial charge >= 0.3 is 12.1 Å². The third kappa shape index (κ3) is 3.51. The van der Waals surface area contributed by atoms with E-state index in [1.807, 2.05) is 4.90 Å². The second-order valence-electron chi connectivity index (χ2n) is 5.38. The molecule has 2 heterocycles. The normalized spacial score (nSPS) is 16.3. The van der Waals surface area contributed by atoms with Gasteiger partial charge in [-0.1, -0.05) is 12.8 Å². The second-order valence-corrected chi connectivity index (χ2v) is 5.38. The van der Waals surface area contributed by atoms with Gasteiger partial charge < -0.3 is 9.64 Å². The molecule has 0 aromatic carbocycles. The monoisotopic (exact) mass is 316 g/mol. The summed E-state index contributed by atoms with van der Waals surface area (Å²) in [5, 5.41) is 0. The van der Waals surface area contributed by atoms with E-state index in [0.717, 1.165) is 38.9 Å². The molecule has 1 fully saturated rings. The van der Waals surface area contributed by atoms with Gasteiger partial charge in [0.25, 0.3) is 0 Å². The SMILES string of the molecule is COC(=O)c1cc(C(F)(F)F)c(C)nc1N1CCCCCC1. The maximum Gasteiger partial charge on any atom is 0.418 e. The average Bonchev–Trinajstić information content (AvgIpc) is 2.73. The van der Waals surface area contributed by atoms with Gasteiger partial charge in [0.15, 0.2) is 0 Å². The van der Waals surface area contributed by atoms with Crippen LogP contribution in [0.5, 0.6) is 0 Å². The Kier molecular flexibility index (Phi) is 4.93. The first-order chi connectivity index (χ1) is 10.3. The predicted octanol–water partition coefficient (Wildman–Crippen LogP) is 3.58. The Morgan fingerprint density at radius 3 is 2.32 bits per heavy atom. The van der Waals surface area contributed by atoms with E-state index in [-0.39, 0.29) is 11.3 Å². The van der Waals surface area contributed by atoms with Crippen molar-refractivity contribution in [2.75, 3.05) is 25.1 Å². The molecule has 22 heavy (non-hydrogen) atoms. The molecule has 122 valence electrons. The lowest BCUT2D eigenvalue weighted by atomic mass is 10.1. The Hall–Kier alpha value is -1.79. The fourth-order valence-electron chi connectivity index (χ4n) is 2.66. The van der Waals surface area contributed by atoms with Gasteiger partial charge in [0, 0.05) is 13.1 Å². The zero-order valence-electron chi connectivity index (χ0n) is 12.7. The van der Waals surface area contributed by atoms with E-state index >= 15 is 0 Å². The van der Waals surface area contributed by atoms with Crippen molar-refractivity contribution in [1.29, 1.82) is 0 Å². The van der Waals surface area contributed by atoms with Gasteiger partial charge in [-0.2, -0.15) is 13.2 Å². The topological polar surface area (TPSA) is 42.4 Å². The molecule has 7 heteroatoms. The number of esters is 1. The first-order valence-electron chi connectivity index (χ1n) is 7.26. The average molecular weight is 316 g/mol. The van der Waals surface area contributed by atoms with Crippen LogP contribution in [0.3, 0.4) is 0 Å². The lowest BCUT2D eigenvalue weighted by Crippen LogP contribution is -2.28. The number of anilines is 1. The summed E-state index contributed by atoms with van der Waals surface area (Å²) in [5.74, 6) is -0.503. The molecule has 1 aliphatic rings. The number of rotatable bonds is 2. The minimum absolute atomic E-state index is 0.123. The highest BCUT2D eigenvalue weighted by Crippen LogP contribution is 2.34. The van der Waals surface area contributed by atoms with E-state index in [2.05, 4.69) is 9.72 Å². The summed E-state index contributed by atoms with van der Waals surface area (Å²) in [6.45, 7) is 2.68. The van der Waals surface area contributed by atoms with Crippen LogP contribution >= 0.6 is 0 Å². The number of hydrogen-bond acceptors (Lipinski definition) is 4. The van der Waals surface area contributed by atoms with Crippen molar-refractivity contribution in [3.63, 3.8) is 0 Å². The highest BCUT2D eigenvalue weighted by molar-refractivity contribution is 5.95. The lowest BCUT2D eigenvalue weighted by molar-refractivity contribution is -0.138. The Morgan fingerprint density at radius 2 is 1.82 bits per heavy atom. The van der Waals surface area contributed by atoms with Crippen molar-refractivity contribution in [2.45, 2.75) is 38.8 Å². The number of carbonyl (C=O) groups excluding carboxylic acids is 1. The zero-order chi connectivity index (χ0) is 16.3. The molecule has 0 radical (unpaired) electrons. The number of aromatic nitrogens is 1. The Labute approximate surface area is 127 Å². The van der Waals surface area contributed by atoms with Gasteiger partial charge in [-0.05, 0) is 25.8 Å². The molecule has 0 saturated carbocycles. The molecule has 0 spiro atoms. The van der Waals surface area contributed by atoms with E-state index in [4.69, 9.17) is 0 Å². The maximum absolute atomic E-state index is 13.0. The molecule has 1 aromatic rings. The molecule has 4 nitrogen and oxygen atoms in total. The molecule has 1 saturated heterocycles. The Balaban J connectivity index is 2.51. The minimum atomic E-state index is -4.54. The van der Waals surface area contributed by atoms with Crippen LogP contribution in [0.15, 0.2) is 6.07 Å². The fraction of sp³-hybridized carbons (Fsp3) is 0.600. The number of alkyl halides is 3. The molecule has 0 bridgehead atoms. The number of carbonyl (C=O) groups is 1. The van der Waals surface area contributed by atoms with Gasteiger partial charge in [0.2, 0.25) is 0 Å². The molecule has 0 unspecified atom stereocenters. The quantitative estimate of drug-likeness (QED) is 0.782. The van der Waals surface area contributed by atoms with Gasteiger partial charge in [-0.25, -0.2) is 9.78 Å². The Bertz CT molecular complexity index is 550. The lowest BCUT2D eigenvalue weighted by Gasteiger charge is -2.25. The van der Waals surface area contributed by atoms with Crippen LogP contribution in [0.4, 0.5) is 19.0 Å². The first-order valence-corrected chi connectivity index (χ1v) is 7.26. The smallest absolute Gasteiger partial charge is 0.418 e. The molecule has 0 N–H and O–H groups in total. The van der Waals surface area contributed by atoms with E-state index in [0.29, 0.717) is 18.9 Å². The first kappa shape index (κ1) is 16.6. The molecule has 2 rings (SSSR count). The van der Waals surface area contributed by atoms with Crippen LogP contribution in [-0.2, 0) is 10.9 Å². The molecule has 1 aromatic heterocycles. The summed E-state index contributed by atoms with van der Waals surface area (Å²) >= 11 is 0. The summed E-state index contributed by atoms with van der Waals surface area (Å²) in [5.41, 5.74) is -1.15. The van der Waals surface area contributed by atoms with Crippen LogP contribution < -0.4 is 4.90 Å². The van der Waals surface area contributed by atoms with Gasteiger partial charge in [0.1, 0.15) is 11.4 Å². The van der Waals surface area contributed by atoms with Crippen molar-refractivity contribution >= 4 is 11.8 Å². The maximum atomic E-state index is 13.0. The largest absolute Gasteiger partial charge is 0.465 e. The van der Waals surface area contributed by atoms with E-state index < -0.39 is 17.7 Å². The van der Waals surface area contributed by atoms with Crippen molar-refractivity contribution in [2.24, 2.45) is 0 Å². The highest BCUT2D eigenvalue weighted by atomic mass is 19.4. The Morgan fingerprint density at radius 1 is 1.23 bits per heavy atom. The number of methoxy groups -OCH3 is 1. The number of halogens is 3. The zero-order valence-corrected chi connectivity index (χ0v) is 12.7. The predicted molar refractivity (Wildman–Crippen MR) is 76.0 cm³/mol. The highest BCUT2D eigenvalue weighted by Gasteiger charge is 2.35. The van der Waals surface area contributed by atoms with E-state index in [9.17, 15) is 18.0 Å². The summed E-state index contributed by atoms with van der Waals surface area (Å²) < 4.78 is 43.7. The number of aryl methyl sites for hydroxylation is 1. The van der Waals surface area contributed by atoms with Crippen molar-refractivity contribution in [1.82, 2.24) is 4.98 Å². The molecule has 0 aliphatic carbocycles. The van der Waals surface area contributed by atoms with E-state index in [1.165, 1.54) is 6.92 Å². The standard InChI is InChI=1S/C15H19F3N2O2/c1-10-12(15(16,17)18)9-11(14(21)22-2)13(19-10)20-7-5-3-4-6-8-20/h9H,3-8H2,1-2H3.